The molecule has 9 nitrogen and oxygen atoms in total. The summed E-state index contributed by atoms with van der Waals surface area (Å²) >= 11 is 0. The Kier molecular flexibility index (Phi) is 58.1. The Balaban J connectivity index is 4.95. The summed E-state index contributed by atoms with van der Waals surface area (Å²) in [6.45, 7) is 6.86. The third-order valence-electron chi connectivity index (χ3n) is 15.5. The zero-order valence-corrected chi connectivity index (χ0v) is 54.2. The number of allylic oxidation sites excluding steroid dienone is 5. The monoisotopic (exact) mass is 1130 g/mol. The lowest BCUT2D eigenvalue weighted by atomic mass is 10.0. The van der Waals surface area contributed by atoms with E-state index in [9.17, 15) is 19.0 Å². The van der Waals surface area contributed by atoms with Gasteiger partial charge < -0.3 is 28.5 Å². The molecule has 0 spiro atoms. The van der Waals surface area contributed by atoms with Gasteiger partial charge in [-0.3, -0.25) is 14.2 Å². The summed E-state index contributed by atoms with van der Waals surface area (Å²) in [6.07, 6.45) is 72.7. The third-order valence-corrected chi connectivity index (χ3v) is 16.5. The standard InChI is InChI=1S/C69H133N2O7P/c1-7-10-13-16-19-22-25-27-29-30-31-32-33-34-35-36-37-38-39-40-42-43-46-49-52-55-58-61-68(72)70-66(65-77-79(74,75)76-64-63-71(4,5)6)67(60-57-54-51-48-45-24-21-18-15-12-9-3)78-69(73)62-59-56-53-50-47-44-41-28-26-23-20-17-14-11-8-2/h23,26-27,29,57,60,66-67H,7-22,24-25,28,30-56,58-59,61-65H2,1-6H3,(H-,70,72,74,75)/b26-23-,29-27+,60-57-. The topological polar surface area (TPSA) is 114 Å². The van der Waals surface area contributed by atoms with Gasteiger partial charge in [0.15, 0.2) is 0 Å². The van der Waals surface area contributed by atoms with Gasteiger partial charge in [-0.05, 0) is 83.1 Å². The second-order valence-electron chi connectivity index (χ2n) is 24.7. The van der Waals surface area contributed by atoms with Crippen molar-refractivity contribution >= 4 is 19.7 Å². The minimum absolute atomic E-state index is 0.0205. The number of hydrogen-bond acceptors (Lipinski definition) is 7. The number of nitrogens with zero attached hydrogens (tertiary/aromatic N) is 1. The average Bonchev–Trinajstić information content (AvgIpc) is 3.41. The number of carbonyl (C=O) groups excluding carboxylic acids is 2. The summed E-state index contributed by atoms with van der Waals surface area (Å²) in [5.41, 5.74) is 0. The molecule has 0 rings (SSSR count). The Morgan fingerprint density at radius 2 is 0.734 bits per heavy atom. The molecule has 0 heterocycles. The van der Waals surface area contributed by atoms with E-state index in [1.165, 1.54) is 238 Å². The van der Waals surface area contributed by atoms with Crippen LogP contribution < -0.4 is 10.2 Å². The SMILES string of the molecule is CCCCCC/C=C\CCCCCCCCCC(=O)OC(/C=C\CCCCCCCCCCC)C(COP(=O)([O-])OCC[N+](C)(C)C)NC(=O)CCCCCCCCCCCCCCCCCCC/C=C/CCCCCCCC. The van der Waals surface area contributed by atoms with E-state index in [-0.39, 0.29) is 31.5 Å². The quantitative estimate of drug-likeness (QED) is 0.0212. The van der Waals surface area contributed by atoms with Gasteiger partial charge in [-0.1, -0.05) is 282 Å². The molecule has 1 N–H and O–H groups in total. The molecule has 0 aromatic carbocycles. The van der Waals surface area contributed by atoms with Crippen LogP contribution in [0.2, 0.25) is 0 Å². The highest BCUT2D eigenvalue weighted by molar-refractivity contribution is 7.45. The average molecular weight is 1130 g/mol. The van der Waals surface area contributed by atoms with Crippen LogP contribution in [-0.2, 0) is 27.9 Å². The highest BCUT2D eigenvalue weighted by atomic mass is 31.2. The Morgan fingerprint density at radius 3 is 1.09 bits per heavy atom. The Bertz CT molecular complexity index is 1450. The van der Waals surface area contributed by atoms with E-state index in [1.807, 2.05) is 33.3 Å². The summed E-state index contributed by atoms with van der Waals surface area (Å²) in [6, 6.07) is -0.886. The number of rotatable bonds is 63. The maximum absolute atomic E-state index is 13.6. The van der Waals surface area contributed by atoms with Gasteiger partial charge in [0.25, 0.3) is 7.82 Å². The molecule has 0 aromatic rings. The van der Waals surface area contributed by atoms with Crippen LogP contribution in [0.15, 0.2) is 36.5 Å². The van der Waals surface area contributed by atoms with Crippen LogP contribution in [0.3, 0.4) is 0 Å². The minimum atomic E-state index is -4.70. The molecule has 0 bridgehead atoms. The number of likely N-dealkylation sites (N-methyl/N-ethyl adjacent to an activating group) is 1. The van der Waals surface area contributed by atoms with E-state index in [0.29, 0.717) is 17.4 Å². The predicted octanol–water partition coefficient (Wildman–Crippen LogP) is 20.8. The van der Waals surface area contributed by atoms with Gasteiger partial charge in [-0.2, -0.15) is 0 Å². The van der Waals surface area contributed by atoms with Crippen molar-refractivity contribution < 1.29 is 37.3 Å². The van der Waals surface area contributed by atoms with E-state index < -0.39 is 20.0 Å². The van der Waals surface area contributed by atoms with Gasteiger partial charge in [0, 0.05) is 12.8 Å². The predicted molar refractivity (Wildman–Crippen MR) is 340 cm³/mol. The van der Waals surface area contributed by atoms with Crippen molar-refractivity contribution in [2.75, 3.05) is 40.9 Å². The third kappa shape index (κ3) is 60.6. The van der Waals surface area contributed by atoms with Crippen LogP contribution in [0.5, 0.6) is 0 Å². The fourth-order valence-corrected chi connectivity index (χ4v) is 10.9. The first-order valence-electron chi connectivity index (χ1n) is 34.3. The molecule has 0 aromatic heterocycles. The largest absolute Gasteiger partial charge is 0.756 e. The maximum atomic E-state index is 13.6. The van der Waals surface area contributed by atoms with Crippen molar-refractivity contribution in [1.29, 1.82) is 0 Å². The maximum Gasteiger partial charge on any atom is 0.306 e. The van der Waals surface area contributed by atoms with Gasteiger partial charge in [0.05, 0.1) is 33.8 Å². The summed E-state index contributed by atoms with van der Waals surface area (Å²) in [7, 11) is 1.20. The Hall–Kier alpha value is -1.77. The molecule has 0 aliphatic rings. The van der Waals surface area contributed by atoms with Crippen LogP contribution in [0.25, 0.3) is 0 Å². The normalized spacial score (nSPS) is 13.8. The number of phosphoric acid groups is 1. The van der Waals surface area contributed by atoms with Crippen molar-refractivity contribution in [1.82, 2.24) is 5.32 Å². The van der Waals surface area contributed by atoms with Crippen molar-refractivity contribution in [3.63, 3.8) is 0 Å². The number of quaternary nitrogens is 1. The highest BCUT2D eigenvalue weighted by Gasteiger charge is 2.27. The van der Waals surface area contributed by atoms with Gasteiger partial charge in [0.1, 0.15) is 19.3 Å². The lowest BCUT2D eigenvalue weighted by Gasteiger charge is -2.30. The number of amides is 1. The van der Waals surface area contributed by atoms with Crippen LogP contribution in [0, 0.1) is 0 Å². The van der Waals surface area contributed by atoms with E-state index in [2.05, 4.69) is 50.4 Å². The van der Waals surface area contributed by atoms with Crippen molar-refractivity contribution in [2.24, 2.45) is 0 Å². The van der Waals surface area contributed by atoms with E-state index in [1.54, 1.807) is 0 Å². The fourth-order valence-electron chi connectivity index (χ4n) is 10.2. The second kappa shape index (κ2) is 59.4. The lowest BCUT2D eigenvalue weighted by molar-refractivity contribution is -0.870. The van der Waals surface area contributed by atoms with Gasteiger partial charge in [0.2, 0.25) is 5.91 Å². The van der Waals surface area contributed by atoms with E-state index in [0.717, 1.165) is 70.6 Å². The molecule has 0 saturated heterocycles. The zero-order chi connectivity index (χ0) is 57.9. The molecule has 0 saturated carbocycles. The number of nitrogens with one attached hydrogen (secondary N) is 1. The molecule has 0 radical (unpaired) electrons. The highest BCUT2D eigenvalue weighted by Crippen LogP contribution is 2.38. The molecule has 466 valence electrons. The van der Waals surface area contributed by atoms with Crippen LogP contribution in [0.1, 0.15) is 342 Å². The smallest absolute Gasteiger partial charge is 0.306 e. The molecule has 0 aliphatic carbocycles. The van der Waals surface area contributed by atoms with Crippen LogP contribution in [-0.4, -0.2) is 69.4 Å². The van der Waals surface area contributed by atoms with Crippen LogP contribution >= 0.6 is 7.82 Å². The van der Waals surface area contributed by atoms with Gasteiger partial charge >= 0.3 is 5.97 Å². The minimum Gasteiger partial charge on any atom is -0.756 e. The molecule has 3 atom stereocenters. The molecule has 79 heavy (non-hydrogen) atoms. The molecule has 10 heteroatoms. The summed E-state index contributed by atoms with van der Waals surface area (Å²) in [4.78, 5) is 40.0. The molecule has 3 unspecified atom stereocenters. The molecule has 0 fully saturated rings. The van der Waals surface area contributed by atoms with Crippen LogP contribution in [0.4, 0.5) is 0 Å². The Morgan fingerprint density at radius 1 is 0.430 bits per heavy atom. The first-order chi connectivity index (χ1) is 38.4. The molecule has 0 aliphatic heterocycles. The van der Waals surface area contributed by atoms with E-state index >= 15 is 0 Å². The first kappa shape index (κ1) is 77.2. The van der Waals surface area contributed by atoms with Crippen molar-refractivity contribution in [3.05, 3.63) is 36.5 Å². The number of ether oxygens (including phenoxy) is 1. The number of esters is 1. The molecular weight excluding hydrogens is 1000 g/mol. The van der Waals surface area contributed by atoms with Crippen molar-refractivity contribution in [3.8, 4) is 0 Å². The van der Waals surface area contributed by atoms with Gasteiger partial charge in [-0.15, -0.1) is 0 Å². The molecular formula is C69H133N2O7P. The lowest BCUT2D eigenvalue weighted by Crippen LogP contribution is -2.47. The number of hydrogen-bond donors (Lipinski definition) is 1. The number of unbranched alkanes of at least 4 members (excludes halogenated alkanes) is 43. The summed E-state index contributed by atoms with van der Waals surface area (Å²) < 4.78 is 30.4. The first-order valence-corrected chi connectivity index (χ1v) is 35.8. The zero-order valence-electron chi connectivity index (χ0n) is 53.3. The fraction of sp³-hybridized carbons (Fsp3) is 0.884. The van der Waals surface area contributed by atoms with Gasteiger partial charge in [-0.25, -0.2) is 0 Å². The summed E-state index contributed by atoms with van der Waals surface area (Å²) in [5.74, 6) is -0.531. The van der Waals surface area contributed by atoms with E-state index in [4.69, 9.17) is 13.8 Å². The number of phosphoric ester groups is 1. The van der Waals surface area contributed by atoms with Crippen molar-refractivity contribution in [2.45, 2.75) is 354 Å². The summed E-state index contributed by atoms with van der Waals surface area (Å²) in [5, 5.41) is 3.04. The number of carbonyl (C=O) groups is 2. The molecule has 1 amide bonds. The Labute approximate surface area is 491 Å². The second-order valence-corrected chi connectivity index (χ2v) is 26.1.